The molecule has 0 bridgehead atoms. The normalized spacial score (nSPS) is 18.9. The zero-order valence-corrected chi connectivity index (χ0v) is 16.1. The van der Waals surface area contributed by atoms with Gasteiger partial charge in [-0.05, 0) is 48.7 Å². The molecule has 2 N–H and O–H groups in total. The van der Waals surface area contributed by atoms with Crippen molar-refractivity contribution in [2.45, 2.75) is 25.8 Å². The first-order chi connectivity index (χ1) is 13.3. The van der Waals surface area contributed by atoms with Gasteiger partial charge in [-0.2, -0.15) is 0 Å². The van der Waals surface area contributed by atoms with Crippen molar-refractivity contribution in [2.75, 3.05) is 11.9 Å². The molecule has 8 heteroatoms. The Hall–Kier alpha value is -2.93. The van der Waals surface area contributed by atoms with Crippen LogP contribution in [0.3, 0.4) is 0 Å². The molecule has 1 fully saturated rings. The number of benzene rings is 2. The molecule has 2 aromatic rings. The quantitative estimate of drug-likeness (QED) is 0.749. The van der Waals surface area contributed by atoms with Crippen molar-refractivity contribution in [3.63, 3.8) is 0 Å². The number of aryl methyl sites for hydroxylation is 1. The van der Waals surface area contributed by atoms with Crippen molar-refractivity contribution in [1.29, 1.82) is 0 Å². The standard InChI is InChI=1S/C20H19ClFN3O3/c1-3-20(13-5-7-14(21)8-6-13)18(27)25(19(28)24-20)11-17(26)23-15-9-4-12(2)16(22)10-15/h4-10H,3,11H2,1-2H3,(H,23,26)(H,24,28). The molecule has 0 saturated carbocycles. The second-order valence-electron chi connectivity index (χ2n) is 6.60. The highest BCUT2D eigenvalue weighted by Crippen LogP contribution is 2.33. The van der Waals surface area contributed by atoms with Crippen molar-refractivity contribution in [3.05, 3.63) is 64.4 Å². The molecule has 0 aromatic heterocycles. The van der Waals surface area contributed by atoms with Crippen molar-refractivity contribution in [3.8, 4) is 0 Å². The van der Waals surface area contributed by atoms with E-state index in [-0.39, 0.29) is 5.69 Å². The van der Waals surface area contributed by atoms with E-state index in [1.165, 1.54) is 12.1 Å². The third kappa shape index (κ3) is 3.57. The predicted molar refractivity (Wildman–Crippen MR) is 103 cm³/mol. The summed E-state index contributed by atoms with van der Waals surface area (Å²) in [6, 6.07) is 10.2. The summed E-state index contributed by atoms with van der Waals surface area (Å²) in [5.74, 6) is -1.58. The Labute approximate surface area is 166 Å². The molecule has 0 spiro atoms. The Balaban J connectivity index is 1.78. The average molecular weight is 404 g/mol. The molecule has 146 valence electrons. The van der Waals surface area contributed by atoms with Gasteiger partial charge in [-0.3, -0.25) is 14.5 Å². The van der Waals surface area contributed by atoms with Crippen LogP contribution in [-0.4, -0.2) is 29.3 Å². The number of carbonyl (C=O) groups is 3. The van der Waals surface area contributed by atoms with E-state index in [0.717, 1.165) is 4.90 Å². The topological polar surface area (TPSA) is 78.5 Å². The highest BCUT2D eigenvalue weighted by atomic mass is 35.5. The Morgan fingerprint density at radius 1 is 1.21 bits per heavy atom. The van der Waals surface area contributed by atoms with Crippen LogP contribution in [0.2, 0.25) is 5.02 Å². The monoisotopic (exact) mass is 403 g/mol. The van der Waals surface area contributed by atoms with E-state index < -0.39 is 35.7 Å². The summed E-state index contributed by atoms with van der Waals surface area (Å²) in [6.45, 7) is 2.90. The van der Waals surface area contributed by atoms with Crippen molar-refractivity contribution >= 4 is 35.1 Å². The lowest BCUT2D eigenvalue weighted by molar-refractivity contribution is -0.134. The fraction of sp³-hybridized carbons (Fsp3) is 0.250. The van der Waals surface area contributed by atoms with Crippen LogP contribution in [0.5, 0.6) is 0 Å². The molecule has 0 aliphatic carbocycles. The Kier molecular flexibility index (Phi) is 5.38. The summed E-state index contributed by atoms with van der Waals surface area (Å²) < 4.78 is 13.6. The van der Waals surface area contributed by atoms with Crippen molar-refractivity contribution in [2.24, 2.45) is 0 Å². The zero-order valence-electron chi connectivity index (χ0n) is 15.4. The number of nitrogens with zero attached hydrogens (tertiary/aromatic N) is 1. The number of imide groups is 1. The SMILES string of the molecule is CCC1(c2ccc(Cl)cc2)NC(=O)N(CC(=O)Nc2ccc(C)c(F)c2)C1=O. The maximum Gasteiger partial charge on any atom is 0.325 e. The second kappa shape index (κ2) is 7.59. The molecule has 1 aliphatic rings. The minimum atomic E-state index is -1.25. The van der Waals surface area contributed by atoms with E-state index in [1.807, 2.05) is 0 Å². The maximum atomic E-state index is 13.6. The largest absolute Gasteiger partial charge is 0.325 e. The van der Waals surface area contributed by atoms with Crippen LogP contribution in [0, 0.1) is 12.7 Å². The van der Waals surface area contributed by atoms with Gasteiger partial charge >= 0.3 is 6.03 Å². The van der Waals surface area contributed by atoms with Gasteiger partial charge < -0.3 is 10.6 Å². The van der Waals surface area contributed by atoms with Gasteiger partial charge in [0, 0.05) is 10.7 Å². The minimum absolute atomic E-state index is 0.250. The molecular weight excluding hydrogens is 385 g/mol. The number of nitrogens with one attached hydrogen (secondary N) is 2. The third-order valence-electron chi connectivity index (χ3n) is 4.80. The van der Waals surface area contributed by atoms with Crippen LogP contribution < -0.4 is 10.6 Å². The molecule has 6 nitrogen and oxygen atoms in total. The first kappa shape index (κ1) is 19.8. The summed E-state index contributed by atoms with van der Waals surface area (Å²) in [5.41, 5.74) is 0.0291. The summed E-state index contributed by atoms with van der Waals surface area (Å²) in [4.78, 5) is 38.6. The average Bonchev–Trinajstić information content (AvgIpc) is 2.90. The van der Waals surface area contributed by atoms with Crippen molar-refractivity contribution < 1.29 is 18.8 Å². The Morgan fingerprint density at radius 2 is 1.89 bits per heavy atom. The van der Waals surface area contributed by atoms with Gasteiger partial charge in [-0.15, -0.1) is 0 Å². The molecule has 1 saturated heterocycles. The lowest BCUT2D eigenvalue weighted by Crippen LogP contribution is -2.44. The van der Waals surface area contributed by atoms with Gasteiger partial charge in [0.05, 0.1) is 0 Å². The summed E-state index contributed by atoms with van der Waals surface area (Å²) in [5, 5.41) is 5.70. The van der Waals surface area contributed by atoms with E-state index in [0.29, 0.717) is 22.6 Å². The maximum absolute atomic E-state index is 13.6. The smallest absolute Gasteiger partial charge is 0.324 e. The number of hydrogen-bond donors (Lipinski definition) is 2. The summed E-state index contributed by atoms with van der Waals surface area (Å²) >= 11 is 5.91. The fourth-order valence-corrected chi connectivity index (χ4v) is 3.28. The molecule has 28 heavy (non-hydrogen) atoms. The second-order valence-corrected chi connectivity index (χ2v) is 7.04. The summed E-state index contributed by atoms with van der Waals surface area (Å²) in [7, 11) is 0. The number of hydrogen-bond acceptors (Lipinski definition) is 3. The van der Waals surface area contributed by atoms with Gasteiger partial charge in [-0.1, -0.05) is 36.7 Å². The number of halogens is 2. The molecular formula is C20H19ClFN3O3. The van der Waals surface area contributed by atoms with Crippen LogP contribution in [0.1, 0.15) is 24.5 Å². The first-order valence-corrected chi connectivity index (χ1v) is 9.11. The number of urea groups is 1. The molecule has 4 amide bonds. The lowest BCUT2D eigenvalue weighted by Gasteiger charge is -2.25. The number of anilines is 1. The molecule has 0 radical (unpaired) electrons. The van der Waals surface area contributed by atoms with E-state index in [2.05, 4.69) is 10.6 Å². The van der Waals surface area contributed by atoms with Crippen LogP contribution in [0.15, 0.2) is 42.5 Å². The van der Waals surface area contributed by atoms with E-state index >= 15 is 0 Å². The van der Waals surface area contributed by atoms with E-state index in [1.54, 1.807) is 44.2 Å². The van der Waals surface area contributed by atoms with Crippen molar-refractivity contribution in [1.82, 2.24) is 10.2 Å². The molecule has 1 aliphatic heterocycles. The van der Waals surface area contributed by atoms with Crippen LogP contribution in [0.4, 0.5) is 14.9 Å². The van der Waals surface area contributed by atoms with Gasteiger partial charge in [-0.25, -0.2) is 9.18 Å². The Morgan fingerprint density at radius 3 is 2.50 bits per heavy atom. The summed E-state index contributed by atoms with van der Waals surface area (Å²) in [6.07, 6.45) is 0.306. The first-order valence-electron chi connectivity index (χ1n) is 8.73. The van der Waals surface area contributed by atoms with Gasteiger partial charge in [0.15, 0.2) is 0 Å². The number of rotatable bonds is 5. The molecule has 1 unspecified atom stereocenters. The highest BCUT2D eigenvalue weighted by molar-refractivity contribution is 6.30. The highest BCUT2D eigenvalue weighted by Gasteiger charge is 2.51. The van der Waals surface area contributed by atoms with Crippen LogP contribution in [-0.2, 0) is 15.1 Å². The lowest BCUT2D eigenvalue weighted by atomic mass is 9.87. The number of carbonyl (C=O) groups excluding carboxylic acids is 3. The predicted octanol–water partition coefficient (Wildman–Crippen LogP) is 3.58. The van der Waals surface area contributed by atoms with Gasteiger partial charge in [0.2, 0.25) is 5.91 Å². The molecule has 1 heterocycles. The van der Waals surface area contributed by atoms with E-state index in [4.69, 9.17) is 11.6 Å². The molecule has 2 aromatic carbocycles. The molecule has 1 atom stereocenters. The van der Waals surface area contributed by atoms with Crippen LogP contribution in [0.25, 0.3) is 0 Å². The van der Waals surface area contributed by atoms with E-state index in [9.17, 15) is 18.8 Å². The number of amides is 4. The van der Waals surface area contributed by atoms with Gasteiger partial charge in [0.25, 0.3) is 5.91 Å². The van der Waals surface area contributed by atoms with Gasteiger partial charge in [0.1, 0.15) is 17.9 Å². The Bertz CT molecular complexity index is 948. The third-order valence-corrected chi connectivity index (χ3v) is 5.05. The minimum Gasteiger partial charge on any atom is -0.324 e. The van der Waals surface area contributed by atoms with Crippen LogP contribution >= 0.6 is 11.6 Å². The zero-order chi connectivity index (χ0) is 20.5. The fourth-order valence-electron chi connectivity index (χ4n) is 3.16. The molecule has 3 rings (SSSR count).